The van der Waals surface area contributed by atoms with Gasteiger partial charge in [-0.3, -0.25) is 4.79 Å². The second-order valence-corrected chi connectivity index (χ2v) is 10.8. The maximum atomic E-state index is 14.1. The molecule has 1 aromatic carbocycles. The second kappa shape index (κ2) is 5.55. The van der Waals surface area contributed by atoms with Crippen LogP contribution < -0.4 is 0 Å². The number of ether oxygens (including phenoxy) is 1. The third kappa shape index (κ3) is 2.87. The molecule has 0 heterocycles. The van der Waals surface area contributed by atoms with E-state index in [9.17, 15) is 26.7 Å². The van der Waals surface area contributed by atoms with Gasteiger partial charge in [-0.15, -0.1) is 0 Å². The summed E-state index contributed by atoms with van der Waals surface area (Å²) in [6, 6.07) is 0. The second-order valence-electron chi connectivity index (χ2n) is 6.33. The van der Waals surface area contributed by atoms with E-state index in [4.69, 9.17) is 4.43 Å². The van der Waals surface area contributed by atoms with Crippen molar-refractivity contribution in [1.29, 1.82) is 0 Å². The summed E-state index contributed by atoms with van der Waals surface area (Å²) in [6.45, 7) is 5.02. The van der Waals surface area contributed by atoms with Crippen molar-refractivity contribution < 1.29 is 35.9 Å². The zero-order chi connectivity index (χ0) is 17.7. The lowest BCUT2D eigenvalue weighted by Gasteiger charge is -2.28. The number of halogens is 5. The molecule has 2 unspecified atom stereocenters. The topological polar surface area (TPSA) is 35.5 Å². The molecule has 0 aliphatic heterocycles. The highest BCUT2D eigenvalue weighted by Crippen LogP contribution is 2.58. The van der Waals surface area contributed by atoms with Gasteiger partial charge in [0.1, 0.15) is 5.60 Å². The molecule has 1 fully saturated rings. The molecule has 1 aromatic rings. The Labute approximate surface area is 130 Å². The lowest BCUT2D eigenvalue weighted by atomic mass is 10.0. The van der Waals surface area contributed by atoms with Crippen LogP contribution in [0.25, 0.3) is 0 Å². The first-order chi connectivity index (χ1) is 10.5. The quantitative estimate of drug-likeness (QED) is 0.272. The molecule has 23 heavy (non-hydrogen) atoms. The van der Waals surface area contributed by atoms with E-state index in [1.54, 1.807) is 19.6 Å². The number of hydrogen-bond acceptors (Lipinski definition) is 3. The number of carbonyl (C=O) groups excluding carboxylic acids is 1. The molecule has 128 valence electrons. The van der Waals surface area contributed by atoms with Crippen LogP contribution in [-0.4, -0.2) is 21.4 Å². The van der Waals surface area contributed by atoms with Crippen LogP contribution in [0.1, 0.15) is 12.0 Å². The Morgan fingerprint density at radius 2 is 1.43 bits per heavy atom. The summed E-state index contributed by atoms with van der Waals surface area (Å²) in [4.78, 5) is 11.7. The molecule has 0 N–H and O–H groups in total. The van der Waals surface area contributed by atoms with Crippen molar-refractivity contribution in [2.45, 2.75) is 31.7 Å². The van der Waals surface area contributed by atoms with Gasteiger partial charge >= 0.3 is 5.97 Å². The van der Waals surface area contributed by atoms with Gasteiger partial charge in [-0.2, -0.15) is 0 Å². The van der Waals surface area contributed by atoms with Crippen molar-refractivity contribution in [2.24, 2.45) is 5.92 Å². The highest BCUT2D eigenvalue weighted by atomic mass is 28.4. The highest BCUT2D eigenvalue weighted by Gasteiger charge is 2.65. The molecule has 1 saturated carbocycles. The SMILES string of the molecule is COC(=O)C1CC1(O[Si](C)(C)C)c1c(F)c(F)c(F)c(F)c1F. The maximum Gasteiger partial charge on any atom is 0.312 e. The molecule has 0 spiro atoms. The molecular formula is C14H15F5O3Si. The number of methoxy groups -OCH3 is 1. The predicted octanol–water partition coefficient (Wildman–Crippen LogP) is 3.62. The molecule has 1 aliphatic rings. The molecule has 3 nitrogen and oxygen atoms in total. The fraction of sp³-hybridized carbons (Fsp3) is 0.500. The van der Waals surface area contributed by atoms with Crippen LogP contribution >= 0.6 is 0 Å². The van der Waals surface area contributed by atoms with Gasteiger partial charge in [0.25, 0.3) is 0 Å². The Hall–Kier alpha value is -1.48. The highest BCUT2D eigenvalue weighted by molar-refractivity contribution is 6.69. The summed E-state index contributed by atoms with van der Waals surface area (Å²) in [7, 11) is -1.42. The van der Waals surface area contributed by atoms with Crippen LogP contribution in [0.15, 0.2) is 0 Å². The van der Waals surface area contributed by atoms with Crippen LogP contribution in [-0.2, 0) is 19.6 Å². The summed E-state index contributed by atoms with van der Waals surface area (Å²) in [5, 5.41) is 0. The standard InChI is InChI=1S/C14H15F5O3Si/c1-21-13(20)6-5-14(6,22-23(2,3)4)7-8(15)10(17)12(19)11(18)9(7)16/h6H,5H2,1-4H3. The molecule has 2 atom stereocenters. The number of hydrogen-bond donors (Lipinski definition) is 0. The molecule has 0 aromatic heterocycles. The van der Waals surface area contributed by atoms with Gasteiger partial charge in [-0.25, -0.2) is 22.0 Å². The molecule has 0 amide bonds. The Bertz CT molecular complexity index is 644. The molecule has 0 bridgehead atoms. The van der Waals surface area contributed by atoms with Crippen LogP contribution in [0.5, 0.6) is 0 Å². The van der Waals surface area contributed by atoms with Crippen molar-refractivity contribution >= 4 is 14.3 Å². The van der Waals surface area contributed by atoms with E-state index in [-0.39, 0.29) is 6.42 Å². The fourth-order valence-electron chi connectivity index (χ4n) is 2.62. The normalized spacial score (nSPS) is 23.8. The van der Waals surface area contributed by atoms with E-state index in [0.717, 1.165) is 7.11 Å². The Kier molecular flexibility index (Phi) is 4.31. The van der Waals surface area contributed by atoms with Crippen molar-refractivity contribution in [3.63, 3.8) is 0 Å². The number of benzene rings is 1. The van der Waals surface area contributed by atoms with Gasteiger partial charge in [0.15, 0.2) is 31.6 Å². The summed E-state index contributed by atoms with van der Waals surface area (Å²) in [5.41, 5.74) is -2.99. The predicted molar refractivity (Wildman–Crippen MR) is 72.5 cm³/mol. The number of rotatable bonds is 4. The minimum atomic E-state index is -2.49. The van der Waals surface area contributed by atoms with Gasteiger partial charge < -0.3 is 9.16 Å². The van der Waals surface area contributed by atoms with E-state index in [1.807, 2.05) is 0 Å². The average molecular weight is 354 g/mol. The number of carbonyl (C=O) groups is 1. The smallest absolute Gasteiger partial charge is 0.312 e. The van der Waals surface area contributed by atoms with Crippen molar-refractivity contribution in [2.75, 3.05) is 7.11 Å². The first-order valence-corrected chi connectivity index (χ1v) is 10.2. The molecule has 9 heteroatoms. The summed E-state index contributed by atoms with van der Waals surface area (Å²) in [5.74, 6) is -12.3. The minimum Gasteiger partial charge on any atom is -0.469 e. The first kappa shape index (κ1) is 17.9. The molecule has 0 radical (unpaired) electrons. The Morgan fingerprint density at radius 1 is 1.00 bits per heavy atom. The van der Waals surface area contributed by atoms with Gasteiger partial charge in [-0.05, 0) is 26.1 Å². The zero-order valence-corrected chi connectivity index (χ0v) is 13.9. The van der Waals surface area contributed by atoms with Crippen molar-refractivity contribution in [3.05, 3.63) is 34.6 Å². The monoisotopic (exact) mass is 354 g/mol. The van der Waals surface area contributed by atoms with Crippen LogP contribution in [0.4, 0.5) is 22.0 Å². The van der Waals surface area contributed by atoms with Gasteiger partial charge in [0, 0.05) is 0 Å². The summed E-state index contributed by atoms with van der Waals surface area (Å²) in [6.07, 6.45) is -0.206. The zero-order valence-electron chi connectivity index (χ0n) is 12.9. The van der Waals surface area contributed by atoms with Gasteiger partial charge in [-0.1, -0.05) is 0 Å². The lowest BCUT2D eigenvalue weighted by Crippen LogP contribution is -2.36. The van der Waals surface area contributed by atoms with E-state index >= 15 is 0 Å². The lowest BCUT2D eigenvalue weighted by molar-refractivity contribution is -0.143. The maximum absolute atomic E-state index is 14.1. The van der Waals surface area contributed by atoms with E-state index < -0.39 is 60.5 Å². The Morgan fingerprint density at radius 3 is 1.83 bits per heavy atom. The molecule has 0 saturated heterocycles. The number of esters is 1. The van der Waals surface area contributed by atoms with Crippen LogP contribution in [0.3, 0.4) is 0 Å². The fourth-order valence-corrected chi connectivity index (χ4v) is 4.04. The largest absolute Gasteiger partial charge is 0.469 e. The minimum absolute atomic E-state index is 0.206. The van der Waals surface area contributed by atoms with Gasteiger partial charge in [0.05, 0.1) is 18.6 Å². The van der Waals surface area contributed by atoms with E-state index in [1.165, 1.54) is 0 Å². The van der Waals surface area contributed by atoms with Crippen LogP contribution in [0.2, 0.25) is 19.6 Å². The molecule has 1 aliphatic carbocycles. The third-order valence-electron chi connectivity index (χ3n) is 3.52. The third-order valence-corrected chi connectivity index (χ3v) is 4.49. The molecule has 2 rings (SSSR count). The average Bonchev–Trinajstić information content (AvgIpc) is 3.14. The first-order valence-electron chi connectivity index (χ1n) is 6.76. The van der Waals surface area contributed by atoms with Crippen LogP contribution in [0, 0.1) is 35.0 Å². The van der Waals surface area contributed by atoms with E-state index in [0.29, 0.717) is 0 Å². The van der Waals surface area contributed by atoms with E-state index in [2.05, 4.69) is 4.74 Å². The van der Waals surface area contributed by atoms with Gasteiger partial charge in [0.2, 0.25) is 5.82 Å². The summed E-state index contributed by atoms with van der Waals surface area (Å²) < 4.78 is 78.6. The Balaban J connectivity index is 2.66. The van der Waals surface area contributed by atoms with Crippen molar-refractivity contribution in [3.8, 4) is 0 Å². The summed E-state index contributed by atoms with van der Waals surface area (Å²) >= 11 is 0. The van der Waals surface area contributed by atoms with Crippen molar-refractivity contribution in [1.82, 2.24) is 0 Å². The molecular weight excluding hydrogens is 339 g/mol.